The highest BCUT2D eigenvalue weighted by molar-refractivity contribution is 7.15. The zero-order valence-corrected chi connectivity index (χ0v) is 14.6. The lowest BCUT2D eigenvalue weighted by molar-refractivity contribution is 0.0934. The van der Waals surface area contributed by atoms with Crippen LogP contribution in [0.15, 0.2) is 29.9 Å². The van der Waals surface area contributed by atoms with Crippen molar-refractivity contribution in [2.24, 2.45) is 0 Å². The summed E-state index contributed by atoms with van der Waals surface area (Å²) < 4.78 is 1.70. The third-order valence-corrected chi connectivity index (χ3v) is 5.34. The number of thiophene rings is 1. The van der Waals surface area contributed by atoms with Crippen LogP contribution in [-0.2, 0) is 0 Å². The Morgan fingerprint density at radius 3 is 3.04 bits per heavy atom. The van der Waals surface area contributed by atoms with E-state index in [1.807, 2.05) is 32.2 Å². The maximum atomic E-state index is 12.4. The first-order valence-electron chi connectivity index (χ1n) is 7.32. The smallest absolute Gasteiger partial charge is 0.272 e. The molecule has 7 nitrogen and oxygen atoms in total. The third-order valence-electron chi connectivity index (χ3n) is 3.61. The minimum atomic E-state index is -0.234. The van der Waals surface area contributed by atoms with Crippen LogP contribution < -0.4 is 5.32 Å². The van der Waals surface area contributed by atoms with E-state index in [1.165, 1.54) is 16.2 Å². The van der Waals surface area contributed by atoms with Crippen LogP contribution in [0, 0.1) is 6.92 Å². The second-order valence-electron chi connectivity index (χ2n) is 5.40. The molecule has 0 aliphatic carbocycles. The highest BCUT2D eigenvalue weighted by atomic mass is 32.1. The fourth-order valence-electron chi connectivity index (χ4n) is 2.35. The maximum absolute atomic E-state index is 12.4. The van der Waals surface area contributed by atoms with E-state index >= 15 is 0 Å². The molecule has 0 fully saturated rings. The summed E-state index contributed by atoms with van der Waals surface area (Å²) >= 11 is 3.11. The van der Waals surface area contributed by atoms with Gasteiger partial charge < -0.3 is 5.32 Å². The minimum absolute atomic E-state index is 0.226. The minimum Gasteiger partial charge on any atom is -0.342 e. The number of nitrogens with zero attached hydrogens (tertiary/aromatic N) is 4. The molecule has 4 heterocycles. The second-order valence-corrected chi connectivity index (χ2v) is 7.50. The number of rotatable bonds is 4. The largest absolute Gasteiger partial charge is 0.342 e. The van der Waals surface area contributed by atoms with Gasteiger partial charge in [-0.05, 0) is 32.0 Å². The average Bonchev–Trinajstić information content (AvgIpc) is 3.29. The van der Waals surface area contributed by atoms with Crippen LogP contribution in [-0.4, -0.2) is 30.7 Å². The fourth-order valence-corrected chi connectivity index (χ4v) is 3.79. The molecular weight excluding hydrogens is 344 g/mol. The molecule has 4 aromatic heterocycles. The van der Waals surface area contributed by atoms with Gasteiger partial charge in [-0.25, -0.2) is 9.50 Å². The van der Waals surface area contributed by atoms with Gasteiger partial charge in [-0.15, -0.1) is 11.3 Å². The van der Waals surface area contributed by atoms with E-state index in [0.29, 0.717) is 5.69 Å². The van der Waals surface area contributed by atoms with Gasteiger partial charge in [0.05, 0.1) is 28.5 Å². The molecule has 0 saturated heterocycles. The number of hydrogen-bond acceptors (Lipinski definition) is 6. The molecule has 1 amide bonds. The van der Waals surface area contributed by atoms with E-state index < -0.39 is 0 Å². The standard InChI is InChI=1S/C15H14N6OS2/c1-8-3-4-13(24-8)10-5-11(20-19-10)14(22)17-9(2)12-6-21-15(18-12)23-7-16-21/h3-7,9H,1-2H3,(H,17,22)(H,19,20)/t9-/m0/s1. The molecule has 4 aromatic rings. The number of carbonyl (C=O) groups is 1. The van der Waals surface area contributed by atoms with Crippen molar-refractivity contribution in [1.82, 2.24) is 30.1 Å². The quantitative estimate of drug-likeness (QED) is 0.587. The molecule has 0 aliphatic rings. The fraction of sp³-hybridized carbons (Fsp3) is 0.200. The van der Waals surface area contributed by atoms with Gasteiger partial charge in [-0.2, -0.15) is 10.2 Å². The van der Waals surface area contributed by atoms with E-state index in [1.54, 1.807) is 27.4 Å². The lowest BCUT2D eigenvalue weighted by Gasteiger charge is -2.09. The van der Waals surface area contributed by atoms with Crippen molar-refractivity contribution in [3.8, 4) is 10.6 Å². The number of amides is 1. The molecule has 0 saturated carbocycles. The number of aromatic nitrogens is 5. The monoisotopic (exact) mass is 358 g/mol. The number of imidazole rings is 1. The topological polar surface area (TPSA) is 88.0 Å². The second kappa shape index (κ2) is 5.84. The van der Waals surface area contributed by atoms with Crippen molar-refractivity contribution in [2.75, 3.05) is 0 Å². The van der Waals surface area contributed by atoms with Crippen molar-refractivity contribution in [2.45, 2.75) is 19.9 Å². The van der Waals surface area contributed by atoms with Gasteiger partial charge in [0.1, 0.15) is 5.51 Å². The van der Waals surface area contributed by atoms with Gasteiger partial charge in [-0.3, -0.25) is 9.89 Å². The Morgan fingerprint density at radius 2 is 2.29 bits per heavy atom. The van der Waals surface area contributed by atoms with Crippen LogP contribution in [0.2, 0.25) is 0 Å². The SMILES string of the molecule is Cc1ccc(-c2cc(C(=O)N[C@@H](C)c3cn4ncsc4n3)n[nH]2)s1. The molecule has 0 aromatic carbocycles. The van der Waals surface area contributed by atoms with Gasteiger partial charge in [0.2, 0.25) is 4.96 Å². The molecule has 0 aliphatic heterocycles. The highest BCUT2D eigenvalue weighted by Gasteiger charge is 2.18. The highest BCUT2D eigenvalue weighted by Crippen LogP contribution is 2.26. The summed E-state index contributed by atoms with van der Waals surface area (Å²) in [5.74, 6) is -0.234. The normalized spacial score (nSPS) is 12.6. The lowest BCUT2D eigenvalue weighted by Crippen LogP contribution is -2.27. The molecule has 24 heavy (non-hydrogen) atoms. The predicted molar refractivity (Wildman–Crippen MR) is 93.4 cm³/mol. The van der Waals surface area contributed by atoms with Crippen molar-refractivity contribution in [3.05, 3.63) is 46.2 Å². The maximum Gasteiger partial charge on any atom is 0.272 e. The molecule has 2 N–H and O–H groups in total. The summed E-state index contributed by atoms with van der Waals surface area (Å²) in [6.45, 7) is 3.94. The Bertz CT molecular complexity index is 982. The van der Waals surface area contributed by atoms with Crippen molar-refractivity contribution < 1.29 is 4.79 Å². The molecule has 0 unspecified atom stereocenters. The molecule has 1 atom stereocenters. The summed E-state index contributed by atoms with van der Waals surface area (Å²) in [7, 11) is 0. The van der Waals surface area contributed by atoms with Gasteiger partial charge >= 0.3 is 0 Å². The molecule has 0 spiro atoms. The molecular formula is C15H14N6OS2. The Morgan fingerprint density at radius 1 is 1.42 bits per heavy atom. The summed E-state index contributed by atoms with van der Waals surface area (Å²) in [6.07, 6.45) is 1.82. The number of fused-ring (bicyclic) bond motifs is 1. The Hall–Kier alpha value is -2.52. The van der Waals surface area contributed by atoms with Gasteiger partial charge in [0.25, 0.3) is 5.91 Å². The van der Waals surface area contributed by atoms with Crippen molar-refractivity contribution in [1.29, 1.82) is 0 Å². The Balaban J connectivity index is 1.49. The number of nitrogens with one attached hydrogen (secondary N) is 2. The van der Waals surface area contributed by atoms with Crippen LogP contribution >= 0.6 is 22.7 Å². The summed E-state index contributed by atoms with van der Waals surface area (Å²) in [5.41, 5.74) is 3.71. The third kappa shape index (κ3) is 2.72. The number of hydrogen-bond donors (Lipinski definition) is 2. The van der Waals surface area contributed by atoms with E-state index in [0.717, 1.165) is 21.2 Å². The first-order chi connectivity index (χ1) is 11.6. The van der Waals surface area contributed by atoms with E-state index in [9.17, 15) is 4.79 Å². The number of aryl methyl sites for hydroxylation is 1. The Kier molecular flexibility index (Phi) is 3.66. The summed E-state index contributed by atoms with van der Waals surface area (Å²) in [6, 6.07) is 5.60. The van der Waals surface area contributed by atoms with E-state index in [2.05, 4.69) is 25.6 Å². The number of aromatic amines is 1. The van der Waals surface area contributed by atoms with Crippen LogP contribution in [0.25, 0.3) is 15.5 Å². The number of H-pyrrole nitrogens is 1. The van der Waals surface area contributed by atoms with Crippen LogP contribution in [0.5, 0.6) is 0 Å². The van der Waals surface area contributed by atoms with E-state index in [4.69, 9.17) is 0 Å². The molecule has 122 valence electrons. The first-order valence-corrected chi connectivity index (χ1v) is 9.01. The molecule has 9 heteroatoms. The lowest BCUT2D eigenvalue weighted by atomic mass is 10.2. The van der Waals surface area contributed by atoms with Crippen LogP contribution in [0.3, 0.4) is 0 Å². The molecule has 0 bridgehead atoms. The van der Waals surface area contributed by atoms with Gasteiger partial charge in [0.15, 0.2) is 5.69 Å². The summed E-state index contributed by atoms with van der Waals surface area (Å²) in [5, 5.41) is 14.1. The zero-order chi connectivity index (χ0) is 16.7. The van der Waals surface area contributed by atoms with Gasteiger partial charge in [-0.1, -0.05) is 11.3 Å². The van der Waals surface area contributed by atoms with Gasteiger partial charge in [0, 0.05) is 4.88 Å². The van der Waals surface area contributed by atoms with Crippen LogP contribution in [0.4, 0.5) is 0 Å². The van der Waals surface area contributed by atoms with Crippen molar-refractivity contribution >= 4 is 33.5 Å². The Labute approximate surface area is 145 Å². The summed E-state index contributed by atoms with van der Waals surface area (Å²) in [4.78, 5) is 19.9. The van der Waals surface area contributed by atoms with E-state index in [-0.39, 0.29) is 11.9 Å². The average molecular weight is 358 g/mol. The first kappa shape index (κ1) is 15.0. The van der Waals surface area contributed by atoms with Crippen molar-refractivity contribution in [3.63, 3.8) is 0 Å². The number of carbonyl (C=O) groups excluding carboxylic acids is 1. The zero-order valence-electron chi connectivity index (χ0n) is 13.0. The molecule has 4 rings (SSSR count). The molecule has 0 radical (unpaired) electrons. The predicted octanol–water partition coefficient (Wildman–Crippen LogP) is 3.04. The van der Waals surface area contributed by atoms with Crippen LogP contribution in [0.1, 0.15) is 34.0 Å².